The van der Waals surface area contributed by atoms with E-state index >= 15 is 0 Å². The van der Waals surface area contributed by atoms with Crippen LogP contribution in [0.3, 0.4) is 0 Å². The molecule has 3 atom stereocenters. The number of nitrogens with one attached hydrogen (secondary N) is 1. The van der Waals surface area contributed by atoms with Crippen LogP contribution in [0.2, 0.25) is 0 Å². The van der Waals surface area contributed by atoms with E-state index in [9.17, 15) is 0 Å². The van der Waals surface area contributed by atoms with E-state index in [1.807, 2.05) is 0 Å². The second-order valence-electron chi connectivity index (χ2n) is 5.82. The first-order valence-corrected chi connectivity index (χ1v) is 7.77. The molecule has 0 amide bonds. The molecule has 2 nitrogen and oxygen atoms in total. The fourth-order valence-corrected chi connectivity index (χ4v) is 3.27. The lowest BCUT2D eigenvalue weighted by Gasteiger charge is -2.23. The molecule has 0 bridgehead atoms. The summed E-state index contributed by atoms with van der Waals surface area (Å²) in [5, 5.41) is 0. The van der Waals surface area contributed by atoms with Gasteiger partial charge in [-0.15, -0.1) is 0 Å². The molecule has 1 aliphatic rings. The van der Waals surface area contributed by atoms with Gasteiger partial charge >= 0.3 is 0 Å². The Labute approximate surface area is 108 Å². The molecule has 1 aliphatic carbocycles. The predicted molar refractivity (Wildman–Crippen MR) is 75.6 cm³/mol. The summed E-state index contributed by atoms with van der Waals surface area (Å²) < 4.78 is 0. The third-order valence-electron chi connectivity index (χ3n) is 4.56. The van der Waals surface area contributed by atoms with Crippen LogP contribution in [0.5, 0.6) is 0 Å². The van der Waals surface area contributed by atoms with Crippen molar-refractivity contribution in [1.29, 1.82) is 0 Å². The molecule has 0 radical (unpaired) electrons. The zero-order valence-corrected chi connectivity index (χ0v) is 11.9. The largest absolute Gasteiger partial charge is 0.271 e. The number of rotatable bonds is 9. The first kappa shape index (κ1) is 15.0. The van der Waals surface area contributed by atoms with Gasteiger partial charge in [-0.1, -0.05) is 58.8 Å². The minimum absolute atomic E-state index is 0.577. The average Bonchev–Trinajstić information content (AvgIpc) is 2.82. The van der Waals surface area contributed by atoms with Gasteiger partial charge in [0.15, 0.2) is 0 Å². The Hall–Kier alpha value is -0.0800. The summed E-state index contributed by atoms with van der Waals surface area (Å²) in [7, 11) is 0. The quantitative estimate of drug-likeness (QED) is 0.363. The number of nitrogens with two attached hydrogens (primary N) is 1. The van der Waals surface area contributed by atoms with Gasteiger partial charge in [0.2, 0.25) is 0 Å². The van der Waals surface area contributed by atoms with Gasteiger partial charge in [-0.2, -0.15) is 0 Å². The molecule has 102 valence electrons. The number of hydrogen-bond donors (Lipinski definition) is 2. The van der Waals surface area contributed by atoms with Crippen LogP contribution in [0.1, 0.15) is 78.1 Å². The van der Waals surface area contributed by atoms with E-state index in [1.165, 1.54) is 64.2 Å². The van der Waals surface area contributed by atoms with Crippen LogP contribution in [-0.2, 0) is 0 Å². The van der Waals surface area contributed by atoms with Crippen LogP contribution in [0.15, 0.2) is 0 Å². The van der Waals surface area contributed by atoms with Gasteiger partial charge in [0.05, 0.1) is 0 Å². The normalized spacial score (nSPS) is 26.3. The number of hydrazine groups is 1. The minimum Gasteiger partial charge on any atom is -0.271 e. The maximum Gasteiger partial charge on any atom is 0.0238 e. The maximum atomic E-state index is 5.73. The Balaban J connectivity index is 2.15. The van der Waals surface area contributed by atoms with Crippen LogP contribution in [0.25, 0.3) is 0 Å². The Morgan fingerprint density at radius 3 is 2.47 bits per heavy atom. The molecule has 0 aliphatic heterocycles. The van der Waals surface area contributed by atoms with E-state index in [0.717, 1.165) is 11.8 Å². The SMILES string of the molecule is CCCCCCCC(NN)C1CCC(CC)C1. The second kappa shape index (κ2) is 8.93. The molecule has 0 aromatic rings. The Kier molecular flexibility index (Phi) is 7.87. The fraction of sp³-hybridized carbons (Fsp3) is 1.00. The lowest BCUT2D eigenvalue weighted by atomic mass is 9.92. The van der Waals surface area contributed by atoms with Gasteiger partial charge in [0.1, 0.15) is 0 Å². The van der Waals surface area contributed by atoms with Crippen molar-refractivity contribution in [1.82, 2.24) is 5.43 Å². The van der Waals surface area contributed by atoms with E-state index in [0.29, 0.717) is 6.04 Å². The number of hydrogen-bond acceptors (Lipinski definition) is 2. The van der Waals surface area contributed by atoms with Crippen molar-refractivity contribution >= 4 is 0 Å². The first-order chi connectivity index (χ1) is 8.31. The van der Waals surface area contributed by atoms with Gasteiger partial charge in [-0.05, 0) is 31.1 Å². The average molecular weight is 240 g/mol. The van der Waals surface area contributed by atoms with Crippen LogP contribution in [-0.4, -0.2) is 6.04 Å². The molecule has 1 saturated carbocycles. The van der Waals surface area contributed by atoms with Gasteiger partial charge in [0.25, 0.3) is 0 Å². The molecule has 17 heavy (non-hydrogen) atoms. The standard InChI is InChI=1S/C15H32N2/c1-3-5-6-7-8-9-15(17-16)14-11-10-13(4-2)12-14/h13-15,17H,3-12,16H2,1-2H3. The smallest absolute Gasteiger partial charge is 0.0238 e. The topological polar surface area (TPSA) is 38.0 Å². The lowest BCUT2D eigenvalue weighted by Crippen LogP contribution is -2.40. The first-order valence-electron chi connectivity index (χ1n) is 7.77. The van der Waals surface area contributed by atoms with Crippen LogP contribution in [0, 0.1) is 11.8 Å². The van der Waals surface area contributed by atoms with E-state index in [2.05, 4.69) is 19.3 Å². The van der Waals surface area contributed by atoms with Crippen LogP contribution >= 0.6 is 0 Å². The van der Waals surface area contributed by atoms with E-state index < -0.39 is 0 Å². The molecule has 0 aromatic carbocycles. The molecule has 0 saturated heterocycles. The molecular weight excluding hydrogens is 208 g/mol. The van der Waals surface area contributed by atoms with Gasteiger partial charge in [-0.25, -0.2) is 0 Å². The third kappa shape index (κ3) is 5.39. The maximum absolute atomic E-state index is 5.73. The van der Waals surface area contributed by atoms with Gasteiger partial charge in [0, 0.05) is 6.04 Å². The van der Waals surface area contributed by atoms with Crippen LogP contribution in [0.4, 0.5) is 0 Å². The van der Waals surface area contributed by atoms with Crippen molar-refractivity contribution in [3.63, 3.8) is 0 Å². The molecule has 1 fully saturated rings. The Morgan fingerprint density at radius 1 is 1.12 bits per heavy atom. The van der Waals surface area contributed by atoms with Crippen molar-refractivity contribution in [2.45, 2.75) is 84.1 Å². The van der Waals surface area contributed by atoms with Crippen LogP contribution < -0.4 is 11.3 Å². The zero-order chi connectivity index (χ0) is 12.5. The summed E-state index contributed by atoms with van der Waals surface area (Å²) >= 11 is 0. The van der Waals surface area contributed by atoms with Crippen molar-refractivity contribution in [2.75, 3.05) is 0 Å². The highest BCUT2D eigenvalue weighted by Gasteiger charge is 2.28. The van der Waals surface area contributed by atoms with E-state index in [-0.39, 0.29) is 0 Å². The molecule has 2 heteroatoms. The summed E-state index contributed by atoms with van der Waals surface area (Å²) in [6.07, 6.45) is 13.7. The molecule has 0 spiro atoms. The summed E-state index contributed by atoms with van der Waals surface area (Å²) in [5.41, 5.74) is 3.08. The highest BCUT2D eigenvalue weighted by atomic mass is 15.2. The molecule has 3 N–H and O–H groups in total. The lowest BCUT2D eigenvalue weighted by molar-refractivity contribution is 0.324. The highest BCUT2D eigenvalue weighted by molar-refractivity contribution is 4.83. The van der Waals surface area contributed by atoms with Crippen molar-refractivity contribution in [3.8, 4) is 0 Å². The van der Waals surface area contributed by atoms with Crippen molar-refractivity contribution in [2.24, 2.45) is 17.7 Å². The summed E-state index contributed by atoms with van der Waals surface area (Å²) in [4.78, 5) is 0. The minimum atomic E-state index is 0.577. The third-order valence-corrected chi connectivity index (χ3v) is 4.56. The Bertz CT molecular complexity index is 182. The fourth-order valence-electron chi connectivity index (χ4n) is 3.27. The molecule has 0 heterocycles. The van der Waals surface area contributed by atoms with Gasteiger partial charge in [-0.3, -0.25) is 11.3 Å². The second-order valence-corrected chi connectivity index (χ2v) is 5.82. The Morgan fingerprint density at radius 2 is 1.88 bits per heavy atom. The van der Waals surface area contributed by atoms with Crippen molar-refractivity contribution in [3.05, 3.63) is 0 Å². The number of unbranched alkanes of at least 4 members (excludes halogenated alkanes) is 4. The molecular formula is C15H32N2. The summed E-state index contributed by atoms with van der Waals surface area (Å²) in [6.45, 7) is 4.59. The summed E-state index contributed by atoms with van der Waals surface area (Å²) in [5.74, 6) is 7.54. The van der Waals surface area contributed by atoms with E-state index in [1.54, 1.807) is 0 Å². The monoisotopic (exact) mass is 240 g/mol. The molecule has 3 unspecified atom stereocenters. The predicted octanol–water partition coefficient (Wildman–Crippen LogP) is 4.01. The zero-order valence-electron chi connectivity index (χ0n) is 11.9. The van der Waals surface area contributed by atoms with E-state index in [4.69, 9.17) is 5.84 Å². The van der Waals surface area contributed by atoms with Crippen molar-refractivity contribution < 1.29 is 0 Å². The van der Waals surface area contributed by atoms with Gasteiger partial charge < -0.3 is 0 Å². The molecule has 1 rings (SSSR count). The molecule has 0 aromatic heterocycles. The summed E-state index contributed by atoms with van der Waals surface area (Å²) in [6, 6.07) is 0.577. The highest BCUT2D eigenvalue weighted by Crippen LogP contribution is 2.35.